The Bertz CT molecular complexity index is 624. The smallest absolute Gasteiger partial charge is 0.748 e. The van der Waals surface area contributed by atoms with Crippen LogP contribution >= 0.6 is 11.3 Å². The van der Waals surface area contributed by atoms with E-state index in [1.165, 1.54) is 18.3 Å². The molecular weight excluding hydrogens is 352 g/mol. The maximum absolute atomic E-state index is 12.0. The van der Waals surface area contributed by atoms with Crippen molar-refractivity contribution >= 4 is 39.0 Å². The van der Waals surface area contributed by atoms with E-state index in [4.69, 9.17) is 0 Å². The summed E-state index contributed by atoms with van der Waals surface area (Å²) in [6.45, 7) is 4.52. The van der Waals surface area contributed by atoms with E-state index in [0.29, 0.717) is 16.1 Å². The molecule has 0 N–H and O–H groups in total. The number of hydrogen-bond acceptors (Lipinski definition) is 7. The largest absolute Gasteiger partial charge is 1.00 e. The Morgan fingerprint density at radius 3 is 2.14 bits per heavy atom. The van der Waals surface area contributed by atoms with Crippen molar-refractivity contribution in [2.24, 2.45) is 0 Å². The predicted octanol–water partition coefficient (Wildman–Crippen LogP) is -6.61. The molecule has 0 aliphatic rings. The minimum atomic E-state index is -4.80. The summed E-state index contributed by atoms with van der Waals surface area (Å²) in [6, 6.07) is -1.38. The summed E-state index contributed by atoms with van der Waals surface area (Å²) in [5.74, 6) is -3.91. The zero-order chi connectivity index (χ0) is 15.7. The van der Waals surface area contributed by atoms with Crippen LogP contribution in [0.25, 0.3) is 0 Å². The van der Waals surface area contributed by atoms with Crippen LogP contribution in [0.15, 0.2) is 5.38 Å². The number of thiophene rings is 1. The van der Waals surface area contributed by atoms with E-state index in [-0.39, 0.29) is 59.1 Å². The van der Waals surface area contributed by atoms with Crippen LogP contribution in [0, 0.1) is 13.8 Å². The van der Waals surface area contributed by atoms with Crippen molar-refractivity contribution in [1.82, 2.24) is 0 Å². The molecule has 11 heteroatoms. The van der Waals surface area contributed by atoms with Gasteiger partial charge in [0.1, 0.15) is 15.9 Å². The van der Waals surface area contributed by atoms with Crippen molar-refractivity contribution in [3.8, 4) is 0 Å². The van der Waals surface area contributed by atoms with Gasteiger partial charge in [0.2, 0.25) is 5.91 Å². The number of aliphatic carboxylic acids is 1. The maximum Gasteiger partial charge on any atom is 1.00 e. The zero-order valence-electron chi connectivity index (χ0n) is 13.1. The Balaban J connectivity index is 0. The molecule has 1 aromatic heterocycles. The Morgan fingerprint density at radius 1 is 1.32 bits per heavy atom. The van der Waals surface area contributed by atoms with Gasteiger partial charge in [0.25, 0.3) is 0 Å². The quantitative estimate of drug-likeness (QED) is 0.378. The van der Waals surface area contributed by atoms with Gasteiger partial charge in [-0.3, -0.25) is 4.79 Å². The Morgan fingerprint density at radius 2 is 1.82 bits per heavy atom. The third-order valence-corrected chi connectivity index (χ3v) is 4.28. The van der Waals surface area contributed by atoms with Gasteiger partial charge in [0.15, 0.2) is 0 Å². The van der Waals surface area contributed by atoms with Crippen LogP contribution in [0.3, 0.4) is 0 Å². The second-order valence-corrected chi connectivity index (χ2v) is 6.77. The van der Waals surface area contributed by atoms with E-state index in [0.717, 1.165) is 4.90 Å². The SMILES string of the molecule is Cc1csc(C)c1N(C(=O)CS(=O)(=O)[O-])[C@@H](C)C(=O)[O-].[Na+].[Na+]. The number of hydrogen-bond donors (Lipinski definition) is 0. The number of carboxylic acids is 1. The van der Waals surface area contributed by atoms with Crippen LogP contribution in [0.5, 0.6) is 0 Å². The molecule has 0 aromatic carbocycles. The molecule has 1 aromatic rings. The van der Waals surface area contributed by atoms with Crippen molar-refractivity contribution < 1.29 is 86.8 Å². The fraction of sp³-hybridized carbons (Fsp3) is 0.455. The van der Waals surface area contributed by atoms with Crippen LogP contribution in [0.2, 0.25) is 0 Å². The van der Waals surface area contributed by atoms with Gasteiger partial charge in [-0.2, -0.15) is 0 Å². The molecule has 0 fully saturated rings. The molecule has 7 nitrogen and oxygen atoms in total. The molecule has 0 bridgehead atoms. The molecule has 0 radical (unpaired) electrons. The molecule has 0 unspecified atom stereocenters. The van der Waals surface area contributed by atoms with Crippen molar-refractivity contribution in [1.29, 1.82) is 0 Å². The number of carbonyl (C=O) groups is 2. The third-order valence-electron chi connectivity index (χ3n) is 2.66. The van der Waals surface area contributed by atoms with Crippen molar-refractivity contribution in [2.75, 3.05) is 10.7 Å². The summed E-state index contributed by atoms with van der Waals surface area (Å²) in [7, 11) is -4.80. The number of carboxylic acid groups (broad SMARTS) is 1. The van der Waals surface area contributed by atoms with E-state index >= 15 is 0 Å². The van der Waals surface area contributed by atoms with Gasteiger partial charge in [-0.15, -0.1) is 11.3 Å². The van der Waals surface area contributed by atoms with Gasteiger partial charge in [-0.1, -0.05) is 0 Å². The summed E-state index contributed by atoms with van der Waals surface area (Å²) < 4.78 is 32.1. The summed E-state index contributed by atoms with van der Waals surface area (Å²) in [5, 5.41) is 12.7. The summed E-state index contributed by atoms with van der Waals surface area (Å²) in [4.78, 5) is 24.4. The number of anilines is 1. The minimum absolute atomic E-state index is 0. The molecule has 1 atom stereocenters. The number of amides is 1. The fourth-order valence-electron chi connectivity index (χ4n) is 1.79. The molecule has 0 spiro atoms. The first-order valence-electron chi connectivity index (χ1n) is 5.55. The average molecular weight is 365 g/mol. The molecule has 1 rings (SSSR count). The van der Waals surface area contributed by atoms with E-state index in [2.05, 4.69) is 0 Å². The first-order valence-corrected chi connectivity index (χ1v) is 8.01. The fourth-order valence-corrected chi connectivity index (χ4v) is 3.06. The summed E-state index contributed by atoms with van der Waals surface area (Å²) in [6.07, 6.45) is 0. The van der Waals surface area contributed by atoms with Crippen molar-refractivity contribution in [3.05, 3.63) is 15.8 Å². The molecular formula is C11H13NNa2O6S2. The van der Waals surface area contributed by atoms with Gasteiger partial charge in [-0.05, 0) is 31.7 Å². The predicted molar refractivity (Wildman–Crippen MR) is 70.3 cm³/mol. The Kier molecular flexibility index (Phi) is 11.0. The standard InChI is InChI=1S/C11H15NO6S2.2Na/c1-6-4-19-8(3)10(6)12(7(2)11(14)15)9(13)5-20(16,17)18;;/h4,7H,5H2,1-3H3,(H,14,15)(H,16,17,18);;/q;2*+1/p-2/t7-;;/m0../s1. The van der Waals surface area contributed by atoms with Crippen LogP contribution in [0.1, 0.15) is 17.4 Å². The van der Waals surface area contributed by atoms with Gasteiger partial charge >= 0.3 is 59.1 Å². The van der Waals surface area contributed by atoms with Gasteiger partial charge < -0.3 is 19.4 Å². The average Bonchev–Trinajstić information content (AvgIpc) is 2.58. The number of carbonyl (C=O) groups excluding carboxylic acids is 2. The Labute approximate surface area is 177 Å². The second kappa shape index (κ2) is 9.75. The number of nitrogens with zero attached hydrogens (tertiary/aromatic N) is 1. The van der Waals surface area contributed by atoms with Crippen LogP contribution in [-0.4, -0.2) is 36.6 Å². The van der Waals surface area contributed by atoms with Crippen LogP contribution < -0.4 is 69.1 Å². The molecule has 1 heterocycles. The second-order valence-electron chi connectivity index (χ2n) is 4.28. The zero-order valence-corrected chi connectivity index (χ0v) is 18.7. The molecule has 0 aliphatic carbocycles. The van der Waals surface area contributed by atoms with Crippen LogP contribution in [0.4, 0.5) is 5.69 Å². The molecule has 0 aliphatic heterocycles. The topological polar surface area (TPSA) is 118 Å². The summed E-state index contributed by atoms with van der Waals surface area (Å²) in [5.41, 5.74) is 0.928. The van der Waals surface area contributed by atoms with E-state index in [1.54, 1.807) is 19.2 Å². The van der Waals surface area contributed by atoms with E-state index in [9.17, 15) is 27.7 Å². The monoisotopic (exact) mass is 365 g/mol. The Hall–Kier alpha value is 0.550. The van der Waals surface area contributed by atoms with Gasteiger partial charge in [-0.25, -0.2) is 8.42 Å². The van der Waals surface area contributed by atoms with E-state index in [1.807, 2.05) is 0 Å². The van der Waals surface area contributed by atoms with E-state index < -0.39 is 33.8 Å². The molecule has 0 saturated heterocycles. The van der Waals surface area contributed by atoms with Gasteiger partial charge in [0.05, 0.1) is 17.7 Å². The molecule has 1 amide bonds. The maximum atomic E-state index is 12.0. The normalized spacial score (nSPS) is 11.8. The number of rotatable bonds is 5. The molecule has 112 valence electrons. The first-order chi connectivity index (χ1) is 9.04. The third kappa shape index (κ3) is 6.58. The van der Waals surface area contributed by atoms with Crippen molar-refractivity contribution in [3.63, 3.8) is 0 Å². The molecule has 22 heavy (non-hydrogen) atoms. The van der Waals surface area contributed by atoms with Crippen molar-refractivity contribution in [2.45, 2.75) is 26.8 Å². The van der Waals surface area contributed by atoms with Crippen LogP contribution in [-0.2, 0) is 19.7 Å². The molecule has 0 saturated carbocycles. The summed E-state index contributed by atoms with van der Waals surface area (Å²) >= 11 is 1.29. The first kappa shape index (κ1) is 24.8. The van der Waals surface area contributed by atoms with Gasteiger partial charge in [0, 0.05) is 4.88 Å². The number of aryl methyl sites for hydroxylation is 2. The minimum Gasteiger partial charge on any atom is -0.748 e.